The van der Waals surface area contributed by atoms with Gasteiger partial charge in [-0.15, -0.1) is 0 Å². The molecule has 1 aromatic carbocycles. The number of fused-ring (bicyclic) bond motifs is 1. The van der Waals surface area contributed by atoms with Crippen molar-refractivity contribution in [3.8, 4) is 11.1 Å². The second-order valence-electron chi connectivity index (χ2n) is 5.68. The molecular weight excluding hydrogens is 274 g/mol. The first-order valence-corrected chi connectivity index (χ1v) is 7.46. The molecule has 4 rings (SSSR count). The fourth-order valence-corrected chi connectivity index (χ4v) is 3.10. The Morgan fingerprint density at radius 2 is 1.91 bits per heavy atom. The number of aromatic nitrogens is 2. The van der Waals surface area contributed by atoms with Crippen LogP contribution in [0.5, 0.6) is 0 Å². The van der Waals surface area contributed by atoms with Crippen molar-refractivity contribution in [2.45, 2.75) is 26.3 Å². The maximum atomic E-state index is 5.62. The molecule has 4 heteroatoms. The van der Waals surface area contributed by atoms with E-state index in [4.69, 9.17) is 14.5 Å². The van der Waals surface area contributed by atoms with Crippen molar-refractivity contribution in [3.63, 3.8) is 0 Å². The van der Waals surface area contributed by atoms with Gasteiger partial charge < -0.3 is 4.42 Å². The topological polar surface area (TPSA) is 43.3 Å². The highest BCUT2D eigenvalue weighted by atomic mass is 16.3. The third-order valence-electron chi connectivity index (χ3n) is 4.07. The zero-order chi connectivity index (χ0) is 15.1. The molecule has 0 aliphatic carbocycles. The van der Waals surface area contributed by atoms with Crippen molar-refractivity contribution in [2.75, 3.05) is 0 Å². The van der Waals surface area contributed by atoms with E-state index in [2.05, 4.69) is 19.1 Å². The number of furan rings is 1. The molecule has 0 saturated heterocycles. The monoisotopic (exact) mass is 291 g/mol. The van der Waals surface area contributed by atoms with Gasteiger partial charge >= 0.3 is 0 Å². The Balaban J connectivity index is 1.92. The van der Waals surface area contributed by atoms with Gasteiger partial charge in [-0.3, -0.25) is 0 Å². The van der Waals surface area contributed by atoms with E-state index in [0.717, 1.165) is 40.5 Å². The third kappa shape index (κ3) is 1.99. The molecule has 0 unspecified atom stereocenters. The lowest BCUT2D eigenvalue weighted by Crippen LogP contribution is -2.18. The van der Waals surface area contributed by atoms with Gasteiger partial charge in [-0.05, 0) is 31.5 Å². The van der Waals surface area contributed by atoms with E-state index in [1.165, 1.54) is 0 Å². The molecule has 0 N–H and O–H groups in total. The van der Waals surface area contributed by atoms with Crippen LogP contribution in [-0.4, -0.2) is 15.5 Å². The molecule has 0 fully saturated rings. The molecule has 0 saturated carbocycles. The van der Waals surface area contributed by atoms with Crippen molar-refractivity contribution in [1.82, 2.24) is 9.78 Å². The second kappa shape index (κ2) is 4.98. The molecule has 2 aromatic heterocycles. The summed E-state index contributed by atoms with van der Waals surface area (Å²) in [4.78, 5) is 4.78. The highest BCUT2D eigenvalue weighted by Gasteiger charge is 2.29. The van der Waals surface area contributed by atoms with E-state index in [0.29, 0.717) is 0 Å². The highest BCUT2D eigenvalue weighted by Crippen LogP contribution is 2.40. The predicted molar refractivity (Wildman–Crippen MR) is 86.6 cm³/mol. The molecule has 1 atom stereocenters. The first-order valence-electron chi connectivity index (χ1n) is 7.46. The van der Waals surface area contributed by atoms with Gasteiger partial charge in [0.15, 0.2) is 5.82 Å². The SMILES string of the molecule is CC1=Nc2c(-c3ccccc3)c(C)nn2[C@H](c2ccco2)C1. The molecular formula is C18H17N3O. The van der Waals surface area contributed by atoms with Gasteiger partial charge in [-0.1, -0.05) is 30.3 Å². The molecule has 3 heterocycles. The van der Waals surface area contributed by atoms with Gasteiger partial charge in [-0.2, -0.15) is 5.10 Å². The molecule has 0 radical (unpaired) electrons. The summed E-state index contributed by atoms with van der Waals surface area (Å²) in [5.74, 6) is 1.85. The lowest BCUT2D eigenvalue weighted by Gasteiger charge is -2.21. The van der Waals surface area contributed by atoms with Crippen LogP contribution in [0.25, 0.3) is 11.1 Å². The van der Waals surface area contributed by atoms with E-state index in [-0.39, 0.29) is 6.04 Å². The van der Waals surface area contributed by atoms with Crippen molar-refractivity contribution < 1.29 is 4.42 Å². The molecule has 1 aliphatic rings. The zero-order valence-corrected chi connectivity index (χ0v) is 12.7. The van der Waals surface area contributed by atoms with Crippen LogP contribution >= 0.6 is 0 Å². The molecule has 3 aromatic rings. The maximum Gasteiger partial charge on any atom is 0.159 e. The summed E-state index contributed by atoms with van der Waals surface area (Å²) in [5.41, 5.74) is 4.36. The number of benzene rings is 1. The standard InChI is InChI=1S/C18H17N3O/c1-12-11-15(16-9-6-10-22-16)21-18(19-12)17(13(2)20-21)14-7-4-3-5-8-14/h3-10,15H,11H2,1-2H3/t15-/m0/s1. The van der Waals surface area contributed by atoms with Gasteiger partial charge in [0.05, 0.1) is 12.0 Å². The van der Waals surface area contributed by atoms with Crippen LogP contribution < -0.4 is 0 Å². The fourth-order valence-electron chi connectivity index (χ4n) is 3.10. The predicted octanol–water partition coefficient (Wildman–Crippen LogP) is 4.54. The fraction of sp³-hybridized carbons (Fsp3) is 0.222. The Morgan fingerprint density at radius 3 is 2.64 bits per heavy atom. The number of nitrogens with zero attached hydrogens (tertiary/aromatic N) is 3. The summed E-state index contributed by atoms with van der Waals surface area (Å²) < 4.78 is 7.62. The van der Waals surface area contributed by atoms with E-state index in [9.17, 15) is 0 Å². The normalized spacial score (nSPS) is 17.2. The van der Waals surface area contributed by atoms with Crippen LogP contribution in [0.3, 0.4) is 0 Å². The number of aryl methyl sites for hydroxylation is 1. The quantitative estimate of drug-likeness (QED) is 0.696. The summed E-state index contributed by atoms with van der Waals surface area (Å²) in [6.45, 7) is 4.11. The summed E-state index contributed by atoms with van der Waals surface area (Å²) in [6.07, 6.45) is 2.54. The number of hydrogen-bond acceptors (Lipinski definition) is 3. The summed E-state index contributed by atoms with van der Waals surface area (Å²) in [6, 6.07) is 14.3. The molecule has 0 bridgehead atoms. The Morgan fingerprint density at radius 1 is 1.09 bits per heavy atom. The summed E-state index contributed by atoms with van der Waals surface area (Å²) in [5, 5.41) is 4.75. The second-order valence-corrected chi connectivity index (χ2v) is 5.68. The van der Waals surface area contributed by atoms with Crippen LogP contribution in [0.4, 0.5) is 5.82 Å². The van der Waals surface area contributed by atoms with Gasteiger partial charge in [0.25, 0.3) is 0 Å². The zero-order valence-electron chi connectivity index (χ0n) is 12.7. The van der Waals surface area contributed by atoms with E-state index in [1.54, 1.807) is 6.26 Å². The Kier molecular flexibility index (Phi) is 2.96. The molecule has 110 valence electrons. The van der Waals surface area contributed by atoms with Gasteiger partial charge in [0.2, 0.25) is 0 Å². The first kappa shape index (κ1) is 13.1. The summed E-state index contributed by atoms with van der Waals surface area (Å²) >= 11 is 0. The van der Waals surface area contributed by atoms with Crippen molar-refractivity contribution in [1.29, 1.82) is 0 Å². The Hall–Kier alpha value is -2.62. The van der Waals surface area contributed by atoms with E-state index in [1.807, 2.05) is 41.9 Å². The average molecular weight is 291 g/mol. The van der Waals surface area contributed by atoms with Crippen LogP contribution in [0, 0.1) is 6.92 Å². The molecule has 1 aliphatic heterocycles. The number of aliphatic imine (C=N–C) groups is 1. The molecule has 4 nitrogen and oxygen atoms in total. The first-order chi connectivity index (χ1) is 10.7. The van der Waals surface area contributed by atoms with Gasteiger partial charge in [0, 0.05) is 17.7 Å². The lowest BCUT2D eigenvalue weighted by molar-refractivity contribution is 0.409. The minimum atomic E-state index is 0.0821. The van der Waals surface area contributed by atoms with Crippen LogP contribution in [-0.2, 0) is 0 Å². The van der Waals surface area contributed by atoms with Gasteiger partial charge in [0.1, 0.15) is 11.8 Å². The Labute approximate surface area is 129 Å². The van der Waals surface area contributed by atoms with E-state index < -0.39 is 0 Å². The van der Waals surface area contributed by atoms with E-state index >= 15 is 0 Å². The maximum absolute atomic E-state index is 5.62. The molecule has 0 amide bonds. The van der Waals surface area contributed by atoms with Crippen molar-refractivity contribution >= 4 is 11.5 Å². The van der Waals surface area contributed by atoms with Crippen LogP contribution in [0.1, 0.15) is 30.8 Å². The average Bonchev–Trinajstić information content (AvgIpc) is 3.14. The number of rotatable bonds is 2. The molecule has 22 heavy (non-hydrogen) atoms. The Bertz CT molecular complexity index is 829. The highest BCUT2D eigenvalue weighted by molar-refractivity contribution is 5.89. The number of hydrogen-bond donors (Lipinski definition) is 0. The van der Waals surface area contributed by atoms with Crippen molar-refractivity contribution in [2.24, 2.45) is 4.99 Å². The van der Waals surface area contributed by atoms with Crippen LogP contribution in [0.15, 0.2) is 58.1 Å². The van der Waals surface area contributed by atoms with Crippen LogP contribution in [0.2, 0.25) is 0 Å². The lowest BCUT2D eigenvalue weighted by atomic mass is 10.0. The largest absolute Gasteiger partial charge is 0.467 e. The summed E-state index contributed by atoms with van der Waals surface area (Å²) in [7, 11) is 0. The minimum Gasteiger partial charge on any atom is -0.467 e. The smallest absolute Gasteiger partial charge is 0.159 e. The van der Waals surface area contributed by atoms with Crippen molar-refractivity contribution in [3.05, 3.63) is 60.2 Å². The molecule has 0 spiro atoms. The van der Waals surface area contributed by atoms with Gasteiger partial charge in [-0.25, -0.2) is 9.67 Å². The third-order valence-corrected chi connectivity index (χ3v) is 4.07. The minimum absolute atomic E-state index is 0.0821.